The van der Waals surface area contributed by atoms with E-state index in [0.29, 0.717) is 23.1 Å². The minimum Gasteiger partial charge on any atom is -0.478 e. The maximum atomic E-state index is 11.5. The number of carbonyl (C=O) groups is 1. The maximum absolute atomic E-state index is 11.5. The second-order valence-corrected chi connectivity index (χ2v) is 5.39. The average Bonchev–Trinajstić information content (AvgIpc) is 2.79. The van der Waals surface area contributed by atoms with E-state index >= 15 is 0 Å². The summed E-state index contributed by atoms with van der Waals surface area (Å²) in [5.41, 5.74) is 0.626. The van der Waals surface area contributed by atoms with Crippen LogP contribution in [0.1, 0.15) is 36.3 Å². The Bertz CT molecular complexity index is 708. The summed E-state index contributed by atoms with van der Waals surface area (Å²) in [6, 6.07) is 3.07. The van der Waals surface area contributed by atoms with Gasteiger partial charge in [-0.1, -0.05) is 13.3 Å². The van der Waals surface area contributed by atoms with Crippen LogP contribution < -0.4 is 5.69 Å². The Hall–Kier alpha value is -2.09. The van der Waals surface area contributed by atoms with Crippen LogP contribution in [0.15, 0.2) is 27.1 Å². The van der Waals surface area contributed by atoms with E-state index in [1.54, 1.807) is 6.07 Å². The van der Waals surface area contributed by atoms with Crippen LogP contribution in [0.25, 0.3) is 0 Å². The van der Waals surface area contributed by atoms with Crippen molar-refractivity contribution in [3.63, 3.8) is 0 Å². The van der Waals surface area contributed by atoms with Crippen molar-refractivity contribution in [2.45, 2.75) is 43.4 Å². The molecule has 0 unspecified atom stereocenters. The molecule has 0 fully saturated rings. The van der Waals surface area contributed by atoms with E-state index in [9.17, 15) is 9.59 Å². The minimum atomic E-state index is -0.994. The third-order valence-corrected chi connectivity index (χ3v) is 3.76. The zero-order valence-electron chi connectivity index (χ0n) is 11.8. The van der Waals surface area contributed by atoms with Gasteiger partial charge in [-0.05, 0) is 37.2 Å². The average molecular weight is 308 g/mol. The third-order valence-electron chi connectivity index (χ3n) is 2.84. The number of nitrogens with one attached hydrogen (secondary N) is 1. The fraction of sp³-hybridized carbons (Fsp3) is 0.385. The molecular weight excluding hydrogens is 292 g/mol. The number of aromatic nitrogens is 4. The van der Waals surface area contributed by atoms with Gasteiger partial charge >= 0.3 is 11.7 Å². The third kappa shape index (κ3) is 3.52. The molecule has 2 aromatic heterocycles. The van der Waals surface area contributed by atoms with Crippen LogP contribution in [-0.4, -0.2) is 30.8 Å². The molecule has 0 atom stereocenters. The lowest BCUT2D eigenvalue weighted by molar-refractivity contribution is 0.0696. The highest BCUT2D eigenvalue weighted by Crippen LogP contribution is 2.25. The number of pyridine rings is 1. The summed E-state index contributed by atoms with van der Waals surface area (Å²) in [6.07, 6.45) is 1.58. The first-order chi connectivity index (χ1) is 10.0. The molecule has 0 aliphatic heterocycles. The Kier molecular flexibility index (Phi) is 4.79. The van der Waals surface area contributed by atoms with Gasteiger partial charge in [0.25, 0.3) is 0 Å². The van der Waals surface area contributed by atoms with Gasteiger partial charge in [-0.3, -0.25) is 4.57 Å². The van der Waals surface area contributed by atoms with E-state index in [0.717, 1.165) is 12.1 Å². The first kappa shape index (κ1) is 15.3. The molecule has 2 aromatic rings. The fourth-order valence-electron chi connectivity index (χ4n) is 1.87. The molecule has 0 saturated heterocycles. The quantitative estimate of drug-likeness (QED) is 0.843. The van der Waals surface area contributed by atoms with Crippen LogP contribution in [0.4, 0.5) is 0 Å². The van der Waals surface area contributed by atoms with E-state index < -0.39 is 5.97 Å². The maximum Gasteiger partial charge on any atom is 0.343 e. The molecule has 0 spiro atoms. The molecule has 21 heavy (non-hydrogen) atoms. The van der Waals surface area contributed by atoms with Crippen LogP contribution in [-0.2, 0) is 13.0 Å². The monoisotopic (exact) mass is 308 g/mol. The van der Waals surface area contributed by atoms with E-state index in [4.69, 9.17) is 5.11 Å². The highest BCUT2D eigenvalue weighted by molar-refractivity contribution is 7.99. The standard InChI is InChI=1S/C13H16N4O3S/c1-3-5-9-6-8(11(18)19)7-10(14-9)21-13-16-15-12(20)17(13)4-2/h6-7H,3-5H2,1-2H3,(H,15,20)(H,18,19). The number of nitrogens with zero attached hydrogens (tertiary/aromatic N) is 3. The number of H-pyrrole nitrogens is 1. The molecule has 2 N–H and O–H groups in total. The molecule has 0 aliphatic rings. The summed E-state index contributed by atoms with van der Waals surface area (Å²) < 4.78 is 1.47. The van der Waals surface area contributed by atoms with Gasteiger partial charge in [-0.25, -0.2) is 19.7 Å². The van der Waals surface area contributed by atoms with Gasteiger partial charge in [0.1, 0.15) is 5.03 Å². The normalized spacial score (nSPS) is 10.8. The first-order valence-electron chi connectivity index (χ1n) is 6.62. The lowest BCUT2D eigenvalue weighted by Gasteiger charge is -2.06. The summed E-state index contributed by atoms with van der Waals surface area (Å²) >= 11 is 1.18. The van der Waals surface area contributed by atoms with Crippen LogP contribution in [0, 0.1) is 0 Å². The van der Waals surface area contributed by atoms with Gasteiger partial charge in [-0.15, -0.1) is 5.10 Å². The predicted molar refractivity (Wildman–Crippen MR) is 77.8 cm³/mol. The van der Waals surface area contributed by atoms with Crippen molar-refractivity contribution in [1.29, 1.82) is 0 Å². The largest absolute Gasteiger partial charge is 0.478 e. The molecule has 0 radical (unpaired) electrons. The molecule has 2 heterocycles. The first-order valence-corrected chi connectivity index (χ1v) is 7.44. The molecule has 7 nitrogen and oxygen atoms in total. The number of carboxylic acid groups (broad SMARTS) is 1. The Balaban J connectivity index is 2.38. The second kappa shape index (κ2) is 6.57. The van der Waals surface area contributed by atoms with Gasteiger partial charge < -0.3 is 5.11 Å². The molecule has 0 aromatic carbocycles. The molecule has 8 heteroatoms. The summed E-state index contributed by atoms with van der Waals surface area (Å²) in [5.74, 6) is -0.994. The summed E-state index contributed by atoms with van der Waals surface area (Å²) in [6.45, 7) is 4.33. The van der Waals surface area contributed by atoms with E-state index in [1.165, 1.54) is 22.4 Å². The molecule has 2 rings (SSSR count). The Morgan fingerprint density at radius 1 is 1.43 bits per heavy atom. The molecule has 112 valence electrons. The molecule has 0 bridgehead atoms. The Labute approximate surface area is 125 Å². The van der Waals surface area contributed by atoms with Crippen molar-refractivity contribution >= 4 is 17.7 Å². The summed E-state index contributed by atoms with van der Waals surface area (Å²) in [4.78, 5) is 27.1. The number of aromatic carboxylic acids is 1. The Morgan fingerprint density at radius 2 is 2.19 bits per heavy atom. The fourth-order valence-corrected chi connectivity index (χ4v) is 2.82. The van der Waals surface area contributed by atoms with Crippen LogP contribution in [0.5, 0.6) is 0 Å². The smallest absolute Gasteiger partial charge is 0.343 e. The summed E-state index contributed by atoms with van der Waals surface area (Å²) in [5, 5.41) is 16.5. The zero-order chi connectivity index (χ0) is 15.4. The van der Waals surface area contributed by atoms with Crippen LogP contribution >= 0.6 is 11.8 Å². The van der Waals surface area contributed by atoms with Crippen molar-refractivity contribution in [2.75, 3.05) is 0 Å². The van der Waals surface area contributed by atoms with Crippen molar-refractivity contribution in [1.82, 2.24) is 19.7 Å². The van der Waals surface area contributed by atoms with Crippen LogP contribution in [0.2, 0.25) is 0 Å². The number of hydrogen-bond donors (Lipinski definition) is 2. The number of aromatic amines is 1. The highest BCUT2D eigenvalue weighted by Gasteiger charge is 2.13. The van der Waals surface area contributed by atoms with Crippen LogP contribution in [0.3, 0.4) is 0 Å². The second-order valence-electron chi connectivity index (χ2n) is 4.40. The molecule has 0 aliphatic carbocycles. The van der Waals surface area contributed by atoms with Crippen molar-refractivity contribution < 1.29 is 9.90 Å². The topological polar surface area (TPSA) is 101 Å². The Morgan fingerprint density at radius 3 is 2.81 bits per heavy atom. The van der Waals surface area contributed by atoms with Crippen molar-refractivity contribution in [2.24, 2.45) is 0 Å². The van der Waals surface area contributed by atoms with Gasteiger partial charge in [0, 0.05) is 12.2 Å². The summed E-state index contributed by atoms with van der Waals surface area (Å²) in [7, 11) is 0. The lowest BCUT2D eigenvalue weighted by atomic mass is 10.2. The molecule has 0 saturated carbocycles. The molecular formula is C13H16N4O3S. The highest BCUT2D eigenvalue weighted by atomic mass is 32.2. The van der Waals surface area contributed by atoms with E-state index in [2.05, 4.69) is 15.2 Å². The van der Waals surface area contributed by atoms with Gasteiger partial charge in [0.2, 0.25) is 0 Å². The van der Waals surface area contributed by atoms with Gasteiger partial charge in [-0.2, -0.15) is 0 Å². The number of hydrogen-bond acceptors (Lipinski definition) is 5. The van der Waals surface area contributed by atoms with Gasteiger partial charge in [0.05, 0.1) is 5.56 Å². The lowest BCUT2D eigenvalue weighted by Crippen LogP contribution is -2.16. The predicted octanol–water partition coefficient (Wildman–Crippen LogP) is 1.79. The van der Waals surface area contributed by atoms with E-state index in [-0.39, 0.29) is 11.3 Å². The zero-order valence-corrected chi connectivity index (χ0v) is 12.6. The minimum absolute atomic E-state index is 0.192. The van der Waals surface area contributed by atoms with Crippen molar-refractivity contribution in [3.8, 4) is 0 Å². The SMILES string of the molecule is CCCc1cc(C(=O)O)cc(Sc2n[nH]c(=O)n2CC)n1. The molecule has 0 amide bonds. The number of carboxylic acids is 1. The van der Waals surface area contributed by atoms with Gasteiger partial charge in [0.15, 0.2) is 5.16 Å². The van der Waals surface area contributed by atoms with E-state index in [1.807, 2.05) is 13.8 Å². The van der Waals surface area contributed by atoms with Crippen molar-refractivity contribution in [3.05, 3.63) is 33.9 Å². The number of aryl methyl sites for hydroxylation is 1. The number of rotatable bonds is 6.